The first kappa shape index (κ1) is 12.8. The van der Waals surface area contributed by atoms with Crippen molar-refractivity contribution in [3.8, 4) is 5.75 Å². The fourth-order valence-electron chi connectivity index (χ4n) is 0.969. The van der Waals surface area contributed by atoms with E-state index in [1.54, 1.807) is 0 Å². The average molecular weight is 254 g/mol. The largest absolute Gasteiger partial charge is 0.493 e. The molecule has 1 heterocycles. The molecule has 1 rings (SSSR count). The minimum absolute atomic E-state index is 0.0741. The van der Waals surface area contributed by atoms with Crippen molar-refractivity contribution in [2.24, 2.45) is 0 Å². The molecule has 3 nitrogen and oxygen atoms in total. The number of hydrogen-bond acceptors (Lipinski definition) is 3. The summed E-state index contributed by atoms with van der Waals surface area (Å²) in [5.74, 6) is -0.778. The molecule has 0 bridgehead atoms. The van der Waals surface area contributed by atoms with Crippen LogP contribution in [0.15, 0.2) is 11.4 Å². The van der Waals surface area contributed by atoms with E-state index in [2.05, 4.69) is 0 Å². The maximum absolute atomic E-state index is 11.8. The van der Waals surface area contributed by atoms with E-state index in [0.29, 0.717) is 5.75 Å². The number of ether oxygens (including phenoxy) is 1. The fraction of sp³-hybridized carbons (Fsp3) is 0.444. The van der Waals surface area contributed by atoms with Crippen molar-refractivity contribution >= 4 is 17.3 Å². The van der Waals surface area contributed by atoms with Gasteiger partial charge in [0, 0.05) is 17.9 Å². The molecule has 0 atom stereocenters. The Morgan fingerprint density at radius 1 is 1.50 bits per heavy atom. The van der Waals surface area contributed by atoms with Crippen molar-refractivity contribution in [3.63, 3.8) is 0 Å². The number of carboxylic acid groups (broad SMARTS) is 1. The summed E-state index contributed by atoms with van der Waals surface area (Å²) < 4.78 is 40.3. The molecule has 1 aromatic rings. The standard InChI is InChI=1S/C9H9F3O3S/c10-9(11,12)2-1-3-15-6-4-7(8(13)14)16-5-6/h4-5H,1-3H2,(H,13,14). The molecule has 0 aliphatic heterocycles. The molecule has 1 N–H and O–H groups in total. The third-order valence-corrected chi connectivity index (χ3v) is 2.56. The van der Waals surface area contributed by atoms with Crippen LogP contribution in [-0.4, -0.2) is 23.9 Å². The van der Waals surface area contributed by atoms with Crippen LogP contribution in [0.2, 0.25) is 0 Å². The molecule has 1 aromatic heterocycles. The molecule has 0 fully saturated rings. The van der Waals surface area contributed by atoms with Gasteiger partial charge in [-0.25, -0.2) is 4.79 Å². The summed E-state index contributed by atoms with van der Waals surface area (Å²) in [7, 11) is 0. The summed E-state index contributed by atoms with van der Waals surface area (Å²) >= 11 is 0.974. The number of carboxylic acids is 1. The third kappa shape index (κ3) is 4.52. The molecule has 0 saturated carbocycles. The summed E-state index contributed by atoms with van der Waals surface area (Å²) in [6.45, 7) is -0.0741. The number of hydrogen-bond donors (Lipinski definition) is 1. The smallest absolute Gasteiger partial charge is 0.389 e. The molecule has 0 aliphatic carbocycles. The van der Waals surface area contributed by atoms with Crippen molar-refractivity contribution in [3.05, 3.63) is 16.3 Å². The topological polar surface area (TPSA) is 46.5 Å². The quantitative estimate of drug-likeness (QED) is 0.821. The van der Waals surface area contributed by atoms with Crippen molar-refractivity contribution in [2.45, 2.75) is 19.0 Å². The van der Waals surface area contributed by atoms with Gasteiger partial charge in [-0.2, -0.15) is 13.2 Å². The first-order chi connectivity index (χ1) is 7.38. The van der Waals surface area contributed by atoms with Crippen molar-refractivity contribution in [2.75, 3.05) is 6.61 Å². The van der Waals surface area contributed by atoms with Crippen LogP contribution in [0, 0.1) is 0 Å². The lowest BCUT2D eigenvalue weighted by molar-refractivity contribution is -0.136. The molecule has 0 aliphatic rings. The average Bonchev–Trinajstić information content (AvgIpc) is 2.59. The van der Waals surface area contributed by atoms with Gasteiger partial charge in [0.2, 0.25) is 0 Å². The summed E-state index contributed by atoms with van der Waals surface area (Å²) in [6, 6.07) is 1.29. The van der Waals surface area contributed by atoms with E-state index in [4.69, 9.17) is 9.84 Å². The molecule has 90 valence electrons. The fourth-order valence-corrected chi connectivity index (χ4v) is 1.63. The predicted octanol–water partition coefficient (Wildman–Crippen LogP) is 3.17. The summed E-state index contributed by atoms with van der Waals surface area (Å²) in [5.41, 5.74) is 0. The van der Waals surface area contributed by atoms with Crippen LogP contribution < -0.4 is 4.74 Å². The van der Waals surface area contributed by atoms with Crippen LogP contribution >= 0.6 is 11.3 Å². The Kier molecular flexibility index (Phi) is 4.17. The number of carbonyl (C=O) groups is 1. The van der Waals surface area contributed by atoms with Gasteiger partial charge in [-0.15, -0.1) is 11.3 Å². The van der Waals surface area contributed by atoms with Gasteiger partial charge in [0.25, 0.3) is 0 Å². The first-order valence-electron chi connectivity index (χ1n) is 4.40. The van der Waals surface area contributed by atoms with E-state index in [0.717, 1.165) is 11.3 Å². The zero-order valence-electron chi connectivity index (χ0n) is 8.08. The minimum Gasteiger partial charge on any atom is -0.493 e. The Hall–Kier alpha value is -1.24. The van der Waals surface area contributed by atoms with Gasteiger partial charge in [-0.3, -0.25) is 0 Å². The first-order valence-corrected chi connectivity index (χ1v) is 5.28. The van der Waals surface area contributed by atoms with Gasteiger partial charge < -0.3 is 9.84 Å². The van der Waals surface area contributed by atoms with Crippen LogP contribution in [-0.2, 0) is 0 Å². The Balaban J connectivity index is 2.30. The molecule has 7 heteroatoms. The van der Waals surface area contributed by atoms with Crippen LogP contribution in [0.25, 0.3) is 0 Å². The lowest BCUT2D eigenvalue weighted by Crippen LogP contribution is -2.09. The highest BCUT2D eigenvalue weighted by molar-refractivity contribution is 7.12. The predicted molar refractivity (Wildman–Crippen MR) is 52.1 cm³/mol. The number of halogens is 3. The van der Waals surface area contributed by atoms with Gasteiger partial charge in [-0.05, 0) is 6.42 Å². The van der Waals surface area contributed by atoms with Crippen molar-refractivity contribution in [1.29, 1.82) is 0 Å². The molecule has 0 amide bonds. The monoisotopic (exact) mass is 254 g/mol. The number of alkyl halides is 3. The van der Waals surface area contributed by atoms with E-state index < -0.39 is 18.6 Å². The summed E-state index contributed by atoms with van der Waals surface area (Å²) in [5, 5.41) is 10.0. The van der Waals surface area contributed by atoms with Crippen LogP contribution in [0.4, 0.5) is 13.2 Å². The molecule has 0 aromatic carbocycles. The maximum Gasteiger partial charge on any atom is 0.389 e. The molecular weight excluding hydrogens is 245 g/mol. The molecular formula is C9H9F3O3S. The highest BCUT2D eigenvalue weighted by Crippen LogP contribution is 2.24. The summed E-state index contributed by atoms with van der Waals surface area (Å²) in [6.07, 6.45) is -5.21. The Labute approximate surface area is 93.5 Å². The Bertz CT molecular complexity index is 359. The zero-order valence-corrected chi connectivity index (χ0v) is 8.90. The zero-order chi connectivity index (χ0) is 12.2. The van der Waals surface area contributed by atoms with Gasteiger partial charge in [-0.1, -0.05) is 0 Å². The second-order valence-corrected chi connectivity index (χ2v) is 3.93. The number of aromatic carboxylic acids is 1. The number of rotatable bonds is 5. The minimum atomic E-state index is -4.18. The van der Waals surface area contributed by atoms with E-state index in [9.17, 15) is 18.0 Å². The Morgan fingerprint density at radius 3 is 2.69 bits per heavy atom. The summed E-state index contributed by atoms with van der Waals surface area (Å²) in [4.78, 5) is 10.6. The highest BCUT2D eigenvalue weighted by atomic mass is 32.1. The van der Waals surface area contributed by atoms with Gasteiger partial charge in [0.1, 0.15) is 10.6 Å². The SMILES string of the molecule is O=C(O)c1cc(OCCCC(F)(F)F)cs1. The van der Waals surface area contributed by atoms with Crippen LogP contribution in [0.1, 0.15) is 22.5 Å². The van der Waals surface area contributed by atoms with Crippen molar-refractivity contribution in [1.82, 2.24) is 0 Å². The molecule has 0 radical (unpaired) electrons. The molecule has 0 unspecified atom stereocenters. The Morgan fingerprint density at radius 2 is 2.19 bits per heavy atom. The van der Waals surface area contributed by atoms with Crippen LogP contribution in [0.3, 0.4) is 0 Å². The number of thiophene rings is 1. The highest BCUT2D eigenvalue weighted by Gasteiger charge is 2.26. The molecule has 0 saturated heterocycles. The van der Waals surface area contributed by atoms with Gasteiger partial charge >= 0.3 is 12.1 Å². The lowest BCUT2D eigenvalue weighted by Gasteiger charge is -2.06. The maximum atomic E-state index is 11.8. The second-order valence-electron chi connectivity index (χ2n) is 3.02. The van der Waals surface area contributed by atoms with E-state index in [1.165, 1.54) is 11.4 Å². The van der Waals surface area contributed by atoms with Gasteiger partial charge in [0.05, 0.1) is 6.61 Å². The second kappa shape index (κ2) is 5.20. The lowest BCUT2D eigenvalue weighted by atomic mass is 10.3. The van der Waals surface area contributed by atoms with Crippen LogP contribution in [0.5, 0.6) is 5.75 Å². The van der Waals surface area contributed by atoms with E-state index >= 15 is 0 Å². The molecule has 16 heavy (non-hydrogen) atoms. The van der Waals surface area contributed by atoms with E-state index in [1.807, 2.05) is 0 Å². The van der Waals surface area contributed by atoms with E-state index in [-0.39, 0.29) is 17.9 Å². The third-order valence-electron chi connectivity index (χ3n) is 1.66. The van der Waals surface area contributed by atoms with Gasteiger partial charge in [0.15, 0.2) is 0 Å². The van der Waals surface area contributed by atoms with Crippen molar-refractivity contribution < 1.29 is 27.8 Å². The normalized spacial score (nSPS) is 11.4. The molecule has 0 spiro atoms.